The van der Waals surface area contributed by atoms with Crippen molar-refractivity contribution in [3.8, 4) is 0 Å². The van der Waals surface area contributed by atoms with Crippen molar-refractivity contribution in [3.05, 3.63) is 53.1 Å². The van der Waals surface area contributed by atoms with Crippen LogP contribution in [0.3, 0.4) is 0 Å². The summed E-state index contributed by atoms with van der Waals surface area (Å²) >= 11 is 0. The first-order valence-electron chi connectivity index (χ1n) is 7.53. The number of aryl methyl sites for hydroxylation is 1. The average Bonchev–Trinajstić information content (AvgIpc) is 2.88. The van der Waals surface area contributed by atoms with Crippen molar-refractivity contribution < 1.29 is 9.50 Å². The first kappa shape index (κ1) is 15.7. The first-order chi connectivity index (χ1) is 10.0. The van der Waals surface area contributed by atoms with E-state index < -0.39 is 6.10 Å². The molecule has 0 aliphatic heterocycles. The van der Waals surface area contributed by atoms with Crippen LogP contribution in [0.2, 0.25) is 0 Å². The quantitative estimate of drug-likeness (QED) is 0.874. The molecule has 0 radical (unpaired) electrons. The Labute approximate surface area is 125 Å². The SMILES string of the molecule is CCC(CC)n1ccc(CC(O)c2ccc(C)cc2F)n1. The zero-order valence-electron chi connectivity index (χ0n) is 12.9. The van der Waals surface area contributed by atoms with Crippen LogP contribution in [0, 0.1) is 12.7 Å². The Balaban J connectivity index is 2.11. The van der Waals surface area contributed by atoms with Crippen LogP contribution in [0.4, 0.5) is 4.39 Å². The molecule has 0 aliphatic rings. The molecule has 0 fully saturated rings. The van der Waals surface area contributed by atoms with E-state index in [1.54, 1.807) is 6.07 Å². The van der Waals surface area contributed by atoms with Crippen molar-refractivity contribution in [2.75, 3.05) is 0 Å². The summed E-state index contributed by atoms with van der Waals surface area (Å²) in [7, 11) is 0. The van der Waals surface area contributed by atoms with Gasteiger partial charge in [-0.1, -0.05) is 26.0 Å². The number of benzene rings is 1. The zero-order valence-corrected chi connectivity index (χ0v) is 12.9. The van der Waals surface area contributed by atoms with Gasteiger partial charge in [-0.05, 0) is 37.5 Å². The molecule has 1 atom stereocenters. The van der Waals surface area contributed by atoms with Gasteiger partial charge in [-0.15, -0.1) is 0 Å². The molecule has 0 bridgehead atoms. The number of nitrogens with zero attached hydrogens (tertiary/aromatic N) is 2. The second-order valence-electron chi connectivity index (χ2n) is 5.50. The summed E-state index contributed by atoms with van der Waals surface area (Å²) in [6, 6.07) is 7.18. The van der Waals surface area contributed by atoms with Crippen molar-refractivity contribution in [1.82, 2.24) is 9.78 Å². The Morgan fingerprint density at radius 2 is 1.95 bits per heavy atom. The van der Waals surface area contributed by atoms with Crippen LogP contribution in [0.15, 0.2) is 30.5 Å². The number of hydrogen-bond donors (Lipinski definition) is 1. The largest absolute Gasteiger partial charge is 0.388 e. The highest BCUT2D eigenvalue weighted by Gasteiger charge is 2.16. The van der Waals surface area contributed by atoms with E-state index in [9.17, 15) is 9.50 Å². The van der Waals surface area contributed by atoms with Crippen molar-refractivity contribution in [3.63, 3.8) is 0 Å². The lowest BCUT2D eigenvalue weighted by Crippen LogP contribution is -2.09. The molecule has 1 aromatic carbocycles. The second-order valence-corrected chi connectivity index (χ2v) is 5.50. The molecule has 3 nitrogen and oxygen atoms in total. The Morgan fingerprint density at radius 3 is 2.57 bits per heavy atom. The lowest BCUT2D eigenvalue weighted by Gasteiger charge is -2.13. The van der Waals surface area contributed by atoms with Crippen LogP contribution in [-0.4, -0.2) is 14.9 Å². The maximum Gasteiger partial charge on any atom is 0.129 e. The number of aliphatic hydroxyl groups is 1. The summed E-state index contributed by atoms with van der Waals surface area (Å²) in [4.78, 5) is 0. The van der Waals surface area contributed by atoms with Gasteiger partial charge >= 0.3 is 0 Å². The van der Waals surface area contributed by atoms with Crippen molar-refractivity contribution in [2.24, 2.45) is 0 Å². The standard InChI is InChI=1S/C17H23FN2O/c1-4-14(5-2)20-9-8-13(19-20)11-17(21)15-7-6-12(3)10-16(15)18/h6-10,14,17,21H,4-5,11H2,1-3H3. The summed E-state index contributed by atoms with van der Waals surface area (Å²) < 4.78 is 15.8. The molecular formula is C17H23FN2O. The molecule has 1 heterocycles. The van der Waals surface area contributed by atoms with Gasteiger partial charge in [0, 0.05) is 18.2 Å². The van der Waals surface area contributed by atoms with Crippen molar-refractivity contribution in [2.45, 2.75) is 52.2 Å². The number of rotatable bonds is 6. The van der Waals surface area contributed by atoms with Gasteiger partial charge in [-0.25, -0.2) is 4.39 Å². The Morgan fingerprint density at radius 1 is 1.24 bits per heavy atom. The van der Waals surface area contributed by atoms with E-state index in [1.807, 2.05) is 29.9 Å². The minimum atomic E-state index is -0.865. The molecule has 4 heteroatoms. The Bertz CT molecular complexity index is 590. The molecule has 0 saturated heterocycles. The summed E-state index contributed by atoms with van der Waals surface area (Å²) in [5.74, 6) is -0.359. The molecule has 1 N–H and O–H groups in total. The minimum Gasteiger partial charge on any atom is -0.388 e. The predicted molar refractivity (Wildman–Crippen MR) is 81.6 cm³/mol. The maximum atomic E-state index is 13.9. The van der Waals surface area contributed by atoms with Gasteiger partial charge in [0.2, 0.25) is 0 Å². The van der Waals surface area contributed by atoms with Crippen molar-refractivity contribution >= 4 is 0 Å². The third-order valence-electron chi connectivity index (χ3n) is 3.90. The lowest BCUT2D eigenvalue weighted by molar-refractivity contribution is 0.172. The molecule has 0 aliphatic carbocycles. The molecule has 21 heavy (non-hydrogen) atoms. The number of halogens is 1. The van der Waals surface area contributed by atoms with Crippen LogP contribution < -0.4 is 0 Å². The van der Waals surface area contributed by atoms with E-state index in [2.05, 4.69) is 18.9 Å². The molecule has 1 unspecified atom stereocenters. The number of aliphatic hydroxyl groups excluding tert-OH is 1. The topological polar surface area (TPSA) is 38.0 Å². The second kappa shape index (κ2) is 6.85. The summed E-state index contributed by atoms with van der Waals surface area (Å²) in [6.07, 6.45) is 3.44. The zero-order chi connectivity index (χ0) is 15.4. The third-order valence-corrected chi connectivity index (χ3v) is 3.90. The van der Waals surface area contributed by atoms with Gasteiger partial charge in [-0.2, -0.15) is 5.10 Å². The van der Waals surface area contributed by atoms with E-state index >= 15 is 0 Å². The summed E-state index contributed by atoms with van der Waals surface area (Å²) in [6.45, 7) is 6.09. The fourth-order valence-electron chi connectivity index (χ4n) is 2.56. The van der Waals surface area contributed by atoms with Gasteiger partial charge in [0.05, 0.1) is 17.8 Å². The van der Waals surface area contributed by atoms with E-state index in [-0.39, 0.29) is 5.82 Å². The van der Waals surface area contributed by atoms with Crippen LogP contribution in [0.1, 0.15) is 55.7 Å². The first-order valence-corrected chi connectivity index (χ1v) is 7.53. The summed E-state index contributed by atoms with van der Waals surface area (Å²) in [5.41, 5.74) is 1.97. The van der Waals surface area contributed by atoms with Gasteiger partial charge in [0.25, 0.3) is 0 Å². The van der Waals surface area contributed by atoms with E-state index in [1.165, 1.54) is 6.07 Å². The van der Waals surface area contributed by atoms with Gasteiger partial charge < -0.3 is 5.11 Å². The normalized spacial score (nSPS) is 12.9. The average molecular weight is 290 g/mol. The monoisotopic (exact) mass is 290 g/mol. The number of hydrogen-bond acceptors (Lipinski definition) is 2. The van der Waals surface area contributed by atoms with Crippen LogP contribution in [0.25, 0.3) is 0 Å². The Kier molecular flexibility index (Phi) is 5.12. The molecule has 2 aromatic rings. The highest BCUT2D eigenvalue weighted by atomic mass is 19.1. The third kappa shape index (κ3) is 3.70. The fourth-order valence-corrected chi connectivity index (χ4v) is 2.56. The van der Waals surface area contributed by atoms with Crippen LogP contribution in [-0.2, 0) is 6.42 Å². The predicted octanol–water partition coefficient (Wildman–Crippen LogP) is 3.97. The van der Waals surface area contributed by atoms with Gasteiger partial charge in [0.1, 0.15) is 5.82 Å². The summed E-state index contributed by atoms with van der Waals surface area (Å²) in [5, 5.41) is 14.7. The maximum absolute atomic E-state index is 13.9. The highest BCUT2D eigenvalue weighted by Crippen LogP contribution is 2.22. The van der Waals surface area contributed by atoms with Crippen molar-refractivity contribution in [1.29, 1.82) is 0 Å². The molecule has 2 rings (SSSR count). The smallest absolute Gasteiger partial charge is 0.129 e. The number of aromatic nitrogens is 2. The molecule has 1 aromatic heterocycles. The molecule has 0 spiro atoms. The Hall–Kier alpha value is -1.68. The molecule has 0 amide bonds. The van der Waals surface area contributed by atoms with E-state index in [0.717, 1.165) is 24.1 Å². The minimum absolute atomic E-state index is 0.327. The van der Waals surface area contributed by atoms with Crippen LogP contribution >= 0.6 is 0 Å². The van der Waals surface area contributed by atoms with Gasteiger partial charge in [0.15, 0.2) is 0 Å². The molecule has 114 valence electrons. The lowest BCUT2D eigenvalue weighted by atomic mass is 10.0. The molecule has 0 saturated carbocycles. The van der Waals surface area contributed by atoms with Crippen LogP contribution in [0.5, 0.6) is 0 Å². The fraction of sp³-hybridized carbons (Fsp3) is 0.471. The molecular weight excluding hydrogens is 267 g/mol. The highest BCUT2D eigenvalue weighted by molar-refractivity contribution is 5.26. The van der Waals surface area contributed by atoms with E-state index in [0.29, 0.717) is 18.0 Å². The van der Waals surface area contributed by atoms with E-state index in [4.69, 9.17) is 0 Å². The van der Waals surface area contributed by atoms with Gasteiger partial charge in [-0.3, -0.25) is 4.68 Å².